The van der Waals surface area contributed by atoms with E-state index in [1.807, 2.05) is 13.0 Å². The summed E-state index contributed by atoms with van der Waals surface area (Å²) in [6, 6.07) is 1.89. The van der Waals surface area contributed by atoms with Gasteiger partial charge in [-0.3, -0.25) is 0 Å². The van der Waals surface area contributed by atoms with Gasteiger partial charge in [0.15, 0.2) is 0 Å². The number of unbranched alkanes of at least 4 members (excludes halogenated alkanes) is 1. The van der Waals surface area contributed by atoms with Gasteiger partial charge in [-0.25, -0.2) is 0 Å². The lowest BCUT2D eigenvalue weighted by Crippen LogP contribution is -1.92. The van der Waals surface area contributed by atoms with Gasteiger partial charge in [0.25, 0.3) is 0 Å². The Morgan fingerprint density at radius 3 is 2.75 bits per heavy atom. The predicted molar refractivity (Wildman–Crippen MR) is 46.2 cm³/mol. The first-order valence-corrected chi connectivity index (χ1v) is 4.19. The summed E-state index contributed by atoms with van der Waals surface area (Å²) < 4.78 is 10.0. The van der Waals surface area contributed by atoms with Crippen LogP contribution < -0.4 is 0 Å². The topological polar surface area (TPSA) is 42.2 Å². The largest absolute Gasteiger partial charge is 0.497 e. The van der Waals surface area contributed by atoms with Crippen molar-refractivity contribution in [1.29, 1.82) is 5.26 Å². The van der Waals surface area contributed by atoms with Crippen LogP contribution >= 0.6 is 0 Å². The molecule has 0 atom stereocenters. The summed E-state index contributed by atoms with van der Waals surface area (Å²) in [6.07, 6.45) is 3.46. The monoisotopic (exact) mass is 169 g/mol. The molecule has 0 aliphatic heterocycles. The smallest absolute Gasteiger partial charge is 0.232 e. The first-order valence-electron chi connectivity index (χ1n) is 4.19. The summed E-state index contributed by atoms with van der Waals surface area (Å²) >= 11 is 0. The van der Waals surface area contributed by atoms with Crippen molar-refractivity contribution in [2.75, 3.05) is 13.2 Å². The highest BCUT2D eigenvalue weighted by molar-refractivity contribution is 5.09. The molecule has 0 saturated carbocycles. The molecule has 0 aromatic heterocycles. The van der Waals surface area contributed by atoms with E-state index < -0.39 is 0 Å². The Kier molecular flexibility index (Phi) is 7.16. The van der Waals surface area contributed by atoms with Crippen LogP contribution in [0.3, 0.4) is 0 Å². The highest BCUT2D eigenvalue weighted by Crippen LogP contribution is 1.96. The first kappa shape index (κ1) is 10.8. The molecule has 0 aliphatic rings. The Bertz CT molecular complexity index is 170. The second-order valence-electron chi connectivity index (χ2n) is 2.25. The van der Waals surface area contributed by atoms with Crippen molar-refractivity contribution in [2.45, 2.75) is 26.7 Å². The lowest BCUT2D eigenvalue weighted by Gasteiger charge is -2.01. The van der Waals surface area contributed by atoms with E-state index in [0.717, 1.165) is 12.8 Å². The molecular formula is C9H15NO2. The molecule has 0 saturated heterocycles. The quantitative estimate of drug-likeness (QED) is 0.348. The van der Waals surface area contributed by atoms with Crippen LogP contribution in [0.25, 0.3) is 0 Å². The van der Waals surface area contributed by atoms with Gasteiger partial charge in [0.1, 0.15) is 12.3 Å². The average molecular weight is 169 g/mol. The summed E-state index contributed by atoms with van der Waals surface area (Å²) in [5.74, 6) is 0.244. The summed E-state index contributed by atoms with van der Waals surface area (Å²) in [6.45, 7) is 5.06. The number of ether oxygens (including phenoxy) is 2. The summed E-state index contributed by atoms with van der Waals surface area (Å²) in [7, 11) is 0. The van der Waals surface area contributed by atoms with Gasteiger partial charge in [0, 0.05) is 0 Å². The summed E-state index contributed by atoms with van der Waals surface area (Å²) in [5.41, 5.74) is 0. The van der Waals surface area contributed by atoms with Crippen LogP contribution in [-0.4, -0.2) is 13.2 Å². The Balaban J connectivity index is 3.57. The Hall–Kier alpha value is -1.17. The van der Waals surface area contributed by atoms with Gasteiger partial charge in [-0.2, -0.15) is 5.26 Å². The first-order chi connectivity index (χ1) is 5.85. The van der Waals surface area contributed by atoms with Crippen LogP contribution in [0, 0.1) is 11.3 Å². The molecule has 0 N–H and O–H groups in total. The van der Waals surface area contributed by atoms with Gasteiger partial charge in [-0.1, -0.05) is 13.3 Å². The van der Waals surface area contributed by atoms with E-state index in [2.05, 4.69) is 6.92 Å². The van der Waals surface area contributed by atoms with E-state index >= 15 is 0 Å². The van der Waals surface area contributed by atoms with Crippen LogP contribution in [0.1, 0.15) is 26.7 Å². The molecule has 0 amide bonds. The van der Waals surface area contributed by atoms with Crippen molar-refractivity contribution >= 4 is 0 Å². The Morgan fingerprint density at radius 2 is 2.25 bits per heavy atom. The molecule has 0 bridgehead atoms. The van der Waals surface area contributed by atoms with Gasteiger partial charge >= 0.3 is 0 Å². The fourth-order valence-electron chi connectivity index (χ4n) is 0.610. The molecule has 12 heavy (non-hydrogen) atoms. The zero-order valence-electron chi connectivity index (χ0n) is 7.67. The molecule has 0 rings (SSSR count). The lowest BCUT2D eigenvalue weighted by atomic mass is 10.4. The summed E-state index contributed by atoms with van der Waals surface area (Å²) in [5, 5.41) is 8.49. The molecule has 0 heterocycles. The molecule has 3 nitrogen and oxygen atoms in total. The fraction of sp³-hybridized carbons (Fsp3) is 0.667. The predicted octanol–water partition coefficient (Wildman–Crippen LogP) is 2.20. The minimum Gasteiger partial charge on any atom is -0.497 e. The van der Waals surface area contributed by atoms with E-state index in [0.29, 0.717) is 13.2 Å². The van der Waals surface area contributed by atoms with Crippen LogP contribution in [0.5, 0.6) is 0 Å². The van der Waals surface area contributed by atoms with Crippen molar-refractivity contribution in [2.24, 2.45) is 0 Å². The maximum Gasteiger partial charge on any atom is 0.232 e. The Labute approximate surface area is 73.6 Å². The van der Waals surface area contributed by atoms with E-state index in [9.17, 15) is 0 Å². The molecule has 3 heteroatoms. The van der Waals surface area contributed by atoms with E-state index in [1.165, 1.54) is 6.26 Å². The fourth-order valence-corrected chi connectivity index (χ4v) is 0.610. The minimum absolute atomic E-state index is 0.244. The normalized spacial score (nSPS) is 10.6. The molecule has 0 aliphatic carbocycles. The van der Waals surface area contributed by atoms with Crippen molar-refractivity contribution < 1.29 is 9.47 Å². The zero-order chi connectivity index (χ0) is 9.23. The Morgan fingerprint density at radius 1 is 1.50 bits per heavy atom. The maximum absolute atomic E-state index is 8.49. The minimum atomic E-state index is 0.244. The number of nitrogens with zero attached hydrogens (tertiary/aromatic N) is 1. The van der Waals surface area contributed by atoms with Gasteiger partial charge in [-0.15, -0.1) is 0 Å². The van der Waals surface area contributed by atoms with Gasteiger partial charge < -0.3 is 9.47 Å². The number of rotatable bonds is 6. The van der Waals surface area contributed by atoms with E-state index in [1.54, 1.807) is 0 Å². The maximum atomic E-state index is 8.49. The zero-order valence-corrected chi connectivity index (χ0v) is 7.67. The van der Waals surface area contributed by atoms with E-state index in [4.69, 9.17) is 14.7 Å². The van der Waals surface area contributed by atoms with Crippen LogP contribution in [0.4, 0.5) is 0 Å². The third-order valence-electron chi connectivity index (χ3n) is 1.22. The second-order valence-corrected chi connectivity index (χ2v) is 2.25. The lowest BCUT2D eigenvalue weighted by molar-refractivity contribution is 0.194. The molecule has 0 spiro atoms. The van der Waals surface area contributed by atoms with Crippen LogP contribution in [0.15, 0.2) is 12.0 Å². The van der Waals surface area contributed by atoms with Crippen molar-refractivity contribution in [3.05, 3.63) is 12.0 Å². The SMILES string of the molecule is CCCCOC=C(C#N)OCC. The molecule has 68 valence electrons. The van der Waals surface area contributed by atoms with E-state index in [-0.39, 0.29) is 5.76 Å². The molecule has 0 unspecified atom stereocenters. The third kappa shape index (κ3) is 5.60. The van der Waals surface area contributed by atoms with Crippen molar-refractivity contribution in [1.82, 2.24) is 0 Å². The number of allylic oxidation sites excluding steroid dienone is 1. The number of nitriles is 1. The number of hydrogen-bond donors (Lipinski definition) is 0. The molecule has 0 aromatic rings. The highest BCUT2D eigenvalue weighted by Gasteiger charge is 1.92. The molecular weight excluding hydrogens is 154 g/mol. The van der Waals surface area contributed by atoms with Crippen molar-refractivity contribution in [3.63, 3.8) is 0 Å². The van der Waals surface area contributed by atoms with Gasteiger partial charge in [0.05, 0.1) is 13.2 Å². The van der Waals surface area contributed by atoms with Crippen molar-refractivity contribution in [3.8, 4) is 6.07 Å². The molecule has 0 aromatic carbocycles. The second kappa shape index (κ2) is 7.93. The third-order valence-corrected chi connectivity index (χ3v) is 1.22. The summed E-state index contributed by atoms with van der Waals surface area (Å²) in [4.78, 5) is 0. The van der Waals surface area contributed by atoms with Crippen LogP contribution in [-0.2, 0) is 9.47 Å². The van der Waals surface area contributed by atoms with Gasteiger partial charge in [0.2, 0.25) is 5.76 Å². The van der Waals surface area contributed by atoms with Gasteiger partial charge in [-0.05, 0) is 13.3 Å². The standard InChI is InChI=1S/C9H15NO2/c1-3-5-6-11-8-9(7-10)12-4-2/h8H,3-6H2,1-2H3. The van der Waals surface area contributed by atoms with Crippen LogP contribution in [0.2, 0.25) is 0 Å². The average Bonchev–Trinajstić information content (AvgIpc) is 2.10. The molecule has 0 radical (unpaired) electrons. The highest BCUT2D eigenvalue weighted by atomic mass is 16.5. The number of hydrogen-bond acceptors (Lipinski definition) is 3. The molecule has 0 fully saturated rings.